The van der Waals surface area contributed by atoms with Crippen molar-refractivity contribution in [2.75, 3.05) is 0 Å². The first kappa shape index (κ1) is 7.72. The van der Waals surface area contributed by atoms with Crippen LogP contribution in [0.3, 0.4) is 0 Å². The summed E-state index contributed by atoms with van der Waals surface area (Å²) in [5.41, 5.74) is 0.894. The lowest BCUT2D eigenvalue weighted by Crippen LogP contribution is -1.75. The number of H-pyrrole nitrogens is 1. The van der Waals surface area contributed by atoms with E-state index in [0.29, 0.717) is 0 Å². The summed E-state index contributed by atoms with van der Waals surface area (Å²) in [5.74, 6) is 0. The Morgan fingerprint density at radius 3 is 3.00 bits per heavy atom. The Morgan fingerprint density at radius 2 is 2.27 bits per heavy atom. The van der Waals surface area contributed by atoms with Crippen molar-refractivity contribution in [1.82, 2.24) is 15.0 Å². The molecule has 1 N–H and O–H groups in total. The van der Waals surface area contributed by atoms with Gasteiger partial charge >= 0.3 is 0 Å². The van der Waals surface area contributed by atoms with Crippen molar-refractivity contribution >= 4 is 11.0 Å². The molecule has 0 aliphatic rings. The fourth-order valence-electron chi connectivity index (χ4n) is 0.793. The molecule has 3 heteroatoms. The molecule has 2 rings (SSSR count). The van der Waals surface area contributed by atoms with Gasteiger partial charge in [0.25, 0.3) is 0 Å². The van der Waals surface area contributed by atoms with Gasteiger partial charge in [0.15, 0.2) is 0 Å². The van der Waals surface area contributed by atoms with Crippen LogP contribution in [0, 0.1) is 0 Å². The predicted molar refractivity (Wildman–Crippen MR) is 47.4 cm³/mol. The van der Waals surface area contributed by atoms with E-state index in [-0.39, 0.29) is 1.43 Å². The van der Waals surface area contributed by atoms with Gasteiger partial charge in [0.05, 0.1) is 0 Å². The van der Waals surface area contributed by atoms with Crippen LogP contribution in [0.4, 0.5) is 0 Å². The largest absolute Gasteiger partial charge is 0.346 e. The molecule has 0 fully saturated rings. The van der Waals surface area contributed by atoms with E-state index >= 15 is 0 Å². The molecule has 0 spiro atoms. The van der Waals surface area contributed by atoms with Crippen LogP contribution < -0.4 is 0 Å². The summed E-state index contributed by atoms with van der Waals surface area (Å²) >= 11 is 0. The van der Waals surface area contributed by atoms with E-state index in [1.54, 1.807) is 6.20 Å². The average Bonchev–Trinajstić information content (AvgIpc) is 2.55. The minimum atomic E-state index is 0. The van der Waals surface area contributed by atoms with E-state index in [2.05, 4.69) is 15.0 Å². The van der Waals surface area contributed by atoms with Crippen LogP contribution in [-0.4, -0.2) is 15.0 Å². The first-order valence-corrected chi connectivity index (χ1v) is 3.70. The summed E-state index contributed by atoms with van der Waals surface area (Å²) in [7, 11) is 0. The lowest BCUT2D eigenvalue weighted by Gasteiger charge is -1.81. The van der Waals surface area contributed by atoms with Gasteiger partial charge < -0.3 is 4.98 Å². The molecule has 0 saturated heterocycles. The number of rotatable bonds is 0. The van der Waals surface area contributed by atoms with Gasteiger partial charge in [0.1, 0.15) is 12.0 Å². The van der Waals surface area contributed by atoms with Crippen molar-refractivity contribution in [2.45, 2.75) is 13.8 Å². The van der Waals surface area contributed by atoms with E-state index in [9.17, 15) is 0 Å². The zero-order valence-electron chi connectivity index (χ0n) is 6.70. The number of fused-ring (bicyclic) bond motifs is 1. The average molecular weight is 151 g/mol. The fraction of sp³-hybridized carbons (Fsp3) is 0.250. The molecule has 0 aromatic carbocycles. The van der Waals surface area contributed by atoms with Crippen molar-refractivity contribution in [2.24, 2.45) is 0 Å². The third-order valence-electron chi connectivity index (χ3n) is 1.22. The van der Waals surface area contributed by atoms with Crippen LogP contribution in [0.15, 0.2) is 24.8 Å². The predicted octanol–water partition coefficient (Wildman–Crippen LogP) is 2.23. The van der Waals surface area contributed by atoms with E-state index < -0.39 is 0 Å². The number of nitrogens with one attached hydrogen (secondary N) is 1. The van der Waals surface area contributed by atoms with Crippen molar-refractivity contribution < 1.29 is 1.43 Å². The number of hydrogen-bond acceptors (Lipinski definition) is 2. The van der Waals surface area contributed by atoms with Crippen LogP contribution in [0.25, 0.3) is 11.0 Å². The molecule has 2 heterocycles. The monoisotopic (exact) mass is 151 g/mol. The quantitative estimate of drug-likeness (QED) is 0.627. The maximum absolute atomic E-state index is 3.97. The molecule has 0 bridgehead atoms. The number of hydrogen-bond donors (Lipinski definition) is 1. The highest BCUT2D eigenvalue weighted by Crippen LogP contribution is 2.03. The number of aromatic amines is 1. The minimum Gasteiger partial charge on any atom is -0.346 e. The van der Waals surface area contributed by atoms with Gasteiger partial charge in [-0.25, -0.2) is 9.97 Å². The number of nitrogens with zero attached hydrogens (tertiary/aromatic N) is 2. The molecule has 0 radical (unpaired) electrons. The van der Waals surface area contributed by atoms with Crippen LogP contribution in [0.2, 0.25) is 0 Å². The third kappa shape index (κ3) is 1.55. The Morgan fingerprint density at radius 1 is 1.45 bits per heavy atom. The summed E-state index contributed by atoms with van der Waals surface area (Å²) < 4.78 is 0. The maximum atomic E-state index is 3.97. The molecule has 2 aromatic heterocycles. The molecule has 0 amide bonds. The molecule has 0 aliphatic heterocycles. The van der Waals surface area contributed by atoms with Gasteiger partial charge in [-0.2, -0.15) is 0 Å². The summed E-state index contributed by atoms with van der Waals surface area (Å²) in [6, 6.07) is 1.94. The molecular formula is C8H13N3. The van der Waals surface area contributed by atoms with Gasteiger partial charge in [-0.15, -0.1) is 0 Å². The Balaban J connectivity index is 0.000000378. The van der Waals surface area contributed by atoms with Gasteiger partial charge in [0.2, 0.25) is 0 Å². The Labute approximate surface area is 67.0 Å². The number of aromatic nitrogens is 3. The molecule has 2 aromatic rings. The van der Waals surface area contributed by atoms with Crippen molar-refractivity contribution in [1.29, 1.82) is 0 Å². The summed E-state index contributed by atoms with van der Waals surface area (Å²) in [6.45, 7) is 4.00. The third-order valence-corrected chi connectivity index (χ3v) is 1.22. The Bertz CT molecular complexity index is 288. The van der Waals surface area contributed by atoms with E-state index in [1.807, 2.05) is 26.1 Å². The van der Waals surface area contributed by atoms with E-state index in [4.69, 9.17) is 0 Å². The van der Waals surface area contributed by atoms with Crippen molar-refractivity contribution in [3.8, 4) is 0 Å². The topological polar surface area (TPSA) is 41.6 Å². The second-order valence-electron chi connectivity index (χ2n) is 1.80. The van der Waals surface area contributed by atoms with Gasteiger partial charge in [-0.3, -0.25) is 0 Å². The van der Waals surface area contributed by atoms with Crippen LogP contribution in [0.5, 0.6) is 0 Å². The van der Waals surface area contributed by atoms with E-state index in [1.165, 1.54) is 6.33 Å². The zero-order valence-corrected chi connectivity index (χ0v) is 6.70. The molecule has 11 heavy (non-hydrogen) atoms. The maximum Gasteiger partial charge on any atom is 0.140 e. The molecule has 0 saturated carbocycles. The molecule has 60 valence electrons. The smallest absolute Gasteiger partial charge is 0.140 e. The van der Waals surface area contributed by atoms with E-state index in [0.717, 1.165) is 11.0 Å². The van der Waals surface area contributed by atoms with Crippen LogP contribution in [-0.2, 0) is 0 Å². The first-order chi connectivity index (χ1) is 5.47. The van der Waals surface area contributed by atoms with Gasteiger partial charge in [0, 0.05) is 19.2 Å². The second-order valence-corrected chi connectivity index (χ2v) is 1.80. The lowest BCUT2D eigenvalue weighted by molar-refractivity contribution is 1.20. The SMILES string of the molecule is CC.[HH].c1ncc2cc[nH]c2n1. The van der Waals surface area contributed by atoms with Crippen LogP contribution >= 0.6 is 0 Å². The molecule has 0 unspecified atom stereocenters. The normalized spacial score (nSPS) is 8.91. The van der Waals surface area contributed by atoms with Crippen LogP contribution in [0.1, 0.15) is 15.3 Å². The van der Waals surface area contributed by atoms with Crippen molar-refractivity contribution in [3.05, 3.63) is 24.8 Å². The van der Waals surface area contributed by atoms with Gasteiger partial charge in [-0.1, -0.05) is 13.8 Å². The molecule has 0 atom stereocenters. The summed E-state index contributed by atoms with van der Waals surface area (Å²) in [4.78, 5) is 10.8. The lowest BCUT2D eigenvalue weighted by atomic mass is 10.4. The summed E-state index contributed by atoms with van der Waals surface area (Å²) in [5, 5.41) is 1.05. The van der Waals surface area contributed by atoms with Crippen molar-refractivity contribution in [3.63, 3.8) is 0 Å². The Kier molecular flexibility index (Phi) is 2.60. The highest BCUT2D eigenvalue weighted by molar-refractivity contribution is 5.73. The highest BCUT2D eigenvalue weighted by atomic mass is 14.9. The first-order valence-electron chi connectivity index (χ1n) is 3.70. The molecular weight excluding hydrogens is 138 g/mol. The van der Waals surface area contributed by atoms with Gasteiger partial charge in [-0.05, 0) is 6.07 Å². The minimum absolute atomic E-state index is 0. The Hall–Kier alpha value is -1.38. The highest BCUT2D eigenvalue weighted by Gasteiger charge is 1.89. The zero-order chi connectivity index (χ0) is 8.10. The molecule has 3 nitrogen and oxygen atoms in total. The second kappa shape index (κ2) is 3.71. The summed E-state index contributed by atoms with van der Waals surface area (Å²) in [6.07, 6.45) is 5.15. The molecule has 0 aliphatic carbocycles. The standard InChI is InChI=1S/C6H5N3.C2H6.H2/c1-2-8-6-5(1)3-7-4-9-6;1-2;/h1-4H,(H,7,8,9);1-2H3;1H. The fourth-order valence-corrected chi connectivity index (χ4v) is 0.793.